The average Bonchev–Trinajstić information content (AvgIpc) is 2.56. The Morgan fingerprint density at radius 1 is 1.19 bits per heavy atom. The fourth-order valence-corrected chi connectivity index (χ4v) is 3.41. The molecule has 2 heterocycles. The number of amides is 1. The molecule has 2 aliphatic heterocycles. The van der Waals surface area contributed by atoms with Crippen molar-refractivity contribution >= 4 is 5.91 Å². The van der Waals surface area contributed by atoms with Crippen LogP contribution in [0.25, 0.3) is 0 Å². The number of carbonyl (C=O) groups is 1. The number of piperidine rings is 1. The lowest BCUT2D eigenvalue weighted by molar-refractivity contribution is -0.107. The number of likely N-dealkylation sites (tertiary alicyclic amines) is 1. The molecule has 3 rings (SSSR count). The van der Waals surface area contributed by atoms with Crippen LogP contribution in [0.1, 0.15) is 42.5 Å². The van der Waals surface area contributed by atoms with E-state index in [0.717, 1.165) is 39.0 Å². The second kappa shape index (κ2) is 6.06. The van der Waals surface area contributed by atoms with Gasteiger partial charge in [-0.25, -0.2) is 0 Å². The van der Waals surface area contributed by atoms with Crippen LogP contribution in [0, 0.1) is 0 Å². The Balaban J connectivity index is 1.67. The summed E-state index contributed by atoms with van der Waals surface area (Å²) in [5, 5.41) is 0. The molecule has 1 spiro atoms. The van der Waals surface area contributed by atoms with Crippen molar-refractivity contribution in [1.29, 1.82) is 0 Å². The zero-order valence-electron chi connectivity index (χ0n) is 12.6. The van der Waals surface area contributed by atoms with Gasteiger partial charge in [0.15, 0.2) is 0 Å². The number of benzene rings is 1. The van der Waals surface area contributed by atoms with Crippen molar-refractivity contribution in [2.45, 2.75) is 37.7 Å². The van der Waals surface area contributed by atoms with Crippen LogP contribution in [0.15, 0.2) is 24.3 Å². The number of ether oxygens (including phenoxy) is 2. The molecule has 4 nitrogen and oxygen atoms in total. The molecule has 0 N–H and O–H groups in total. The average molecular weight is 289 g/mol. The van der Waals surface area contributed by atoms with Crippen molar-refractivity contribution < 1.29 is 14.3 Å². The summed E-state index contributed by atoms with van der Waals surface area (Å²) < 4.78 is 11.3. The molecule has 1 aromatic rings. The summed E-state index contributed by atoms with van der Waals surface area (Å²) in [6, 6.07) is 7.44. The Bertz CT molecular complexity index is 499. The quantitative estimate of drug-likeness (QED) is 0.840. The summed E-state index contributed by atoms with van der Waals surface area (Å²) in [5.41, 5.74) is 0.691. The van der Waals surface area contributed by atoms with E-state index >= 15 is 0 Å². The minimum atomic E-state index is 0.0375. The van der Waals surface area contributed by atoms with E-state index in [1.165, 1.54) is 12.8 Å². The normalized spacial score (nSPS) is 21.3. The van der Waals surface area contributed by atoms with E-state index in [0.29, 0.717) is 11.3 Å². The minimum Gasteiger partial charge on any atom is -0.496 e. The van der Waals surface area contributed by atoms with Crippen LogP contribution in [0.3, 0.4) is 0 Å². The molecule has 0 atom stereocenters. The van der Waals surface area contributed by atoms with Gasteiger partial charge in [0, 0.05) is 19.7 Å². The largest absolute Gasteiger partial charge is 0.496 e. The van der Waals surface area contributed by atoms with Gasteiger partial charge in [-0.2, -0.15) is 0 Å². The number of para-hydroxylation sites is 1. The fourth-order valence-electron chi connectivity index (χ4n) is 3.41. The second-order valence-electron chi connectivity index (χ2n) is 5.98. The molecule has 0 aromatic heterocycles. The third kappa shape index (κ3) is 2.91. The van der Waals surface area contributed by atoms with Crippen molar-refractivity contribution in [3.05, 3.63) is 29.8 Å². The predicted octanol–water partition coefficient (Wildman–Crippen LogP) is 2.87. The summed E-state index contributed by atoms with van der Waals surface area (Å²) in [4.78, 5) is 14.6. The van der Waals surface area contributed by atoms with Crippen molar-refractivity contribution in [3.8, 4) is 5.75 Å². The number of rotatable bonds is 2. The summed E-state index contributed by atoms with van der Waals surface area (Å²) in [6.45, 7) is 2.42. The molecule has 0 bridgehead atoms. The molecule has 4 heteroatoms. The van der Waals surface area contributed by atoms with E-state index in [4.69, 9.17) is 9.47 Å². The standard InChI is InChI=1S/C17H23NO3/c1-20-15-7-3-2-6-14(15)16(19)18-11-9-17(10-12-18)8-4-5-13-21-17/h2-3,6-7H,4-5,8-13H2,1H3. The lowest BCUT2D eigenvalue weighted by atomic mass is 9.84. The second-order valence-corrected chi connectivity index (χ2v) is 5.98. The molecule has 2 aliphatic rings. The lowest BCUT2D eigenvalue weighted by Gasteiger charge is -2.44. The molecule has 114 valence electrons. The van der Waals surface area contributed by atoms with Gasteiger partial charge < -0.3 is 14.4 Å². The molecular formula is C17H23NO3. The van der Waals surface area contributed by atoms with Crippen LogP contribution in [0.4, 0.5) is 0 Å². The van der Waals surface area contributed by atoms with Crippen LogP contribution >= 0.6 is 0 Å². The Hall–Kier alpha value is -1.55. The molecule has 1 amide bonds. The first-order valence-electron chi connectivity index (χ1n) is 7.80. The molecule has 2 fully saturated rings. The van der Waals surface area contributed by atoms with Gasteiger partial charge >= 0.3 is 0 Å². The van der Waals surface area contributed by atoms with E-state index in [1.807, 2.05) is 29.2 Å². The fraction of sp³-hybridized carbons (Fsp3) is 0.588. The topological polar surface area (TPSA) is 38.8 Å². The first kappa shape index (κ1) is 14.4. The van der Waals surface area contributed by atoms with Gasteiger partial charge in [-0.15, -0.1) is 0 Å². The molecular weight excluding hydrogens is 266 g/mol. The first-order chi connectivity index (χ1) is 10.2. The Kier molecular flexibility index (Phi) is 4.15. The smallest absolute Gasteiger partial charge is 0.257 e. The van der Waals surface area contributed by atoms with Crippen molar-refractivity contribution in [1.82, 2.24) is 4.90 Å². The molecule has 0 unspecified atom stereocenters. The van der Waals surface area contributed by atoms with Crippen LogP contribution in [0.5, 0.6) is 5.75 Å². The summed E-state index contributed by atoms with van der Waals surface area (Å²) in [7, 11) is 1.60. The highest BCUT2D eigenvalue weighted by Crippen LogP contribution is 2.35. The van der Waals surface area contributed by atoms with Crippen molar-refractivity contribution in [2.24, 2.45) is 0 Å². The van der Waals surface area contributed by atoms with E-state index < -0.39 is 0 Å². The predicted molar refractivity (Wildman–Crippen MR) is 80.7 cm³/mol. The minimum absolute atomic E-state index is 0.0375. The van der Waals surface area contributed by atoms with Gasteiger partial charge in [-0.05, 0) is 44.2 Å². The van der Waals surface area contributed by atoms with E-state index in [-0.39, 0.29) is 11.5 Å². The van der Waals surface area contributed by atoms with Crippen LogP contribution in [-0.4, -0.2) is 43.2 Å². The third-order valence-corrected chi connectivity index (χ3v) is 4.73. The van der Waals surface area contributed by atoms with Crippen LogP contribution in [0.2, 0.25) is 0 Å². The maximum atomic E-state index is 12.7. The monoisotopic (exact) mass is 289 g/mol. The molecule has 2 saturated heterocycles. The van der Waals surface area contributed by atoms with E-state index in [9.17, 15) is 4.79 Å². The van der Waals surface area contributed by atoms with Crippen LogP contribution in [-0.2, 0) is 4.74 Å². The van der Waals surface area contributed by atoms with Crippen LogP contribution < -0.4 is 4.74 Å². The number of carbonyl (C=O) groups excluding carboxylic acids is 1. The number of hydrogen-bond acceptors (Lipinski definition) is 3. The Morgan fingerprint density at radius 3 is 2.62 bits per heavy atom. The van der Waals surface area contributed by atoms with Crippen molar-refractivity contribution in [3.63, 3.8) is 0 Å². The zero-order valence-corrected chi connectivity index (χ0v) is 12.6. The number of nitrogens with zero attached hydrogens (tertiary/aromatic N) is 1. The molecule has 0 radical (unpaired) electrons. The highest BCUT2D eigenvalue weighted by Gasteiger charge is 2.38. The van der Waals surface area contributed by atoms with E-state index in [1.54, 1.807) is 7.11 Å². The van der Waals surface area contributed by atoms with Gasteiger partial charge in [0.05, 0.1) is 18.3 Å². The lowest BCUT2D eigenvalue weighted by Crippen LogP contribution is -2.49. The van der Waals surface area contributed by atoms with Gasteiger partial charge in [0.2, 0.25) is 0 Å². The molecule has 0 aliphatic carbocycles. The SMILES string of the molecule is COc1ccccc1C(=O)N1CCC2(CCCCO2)CC1. The van der Waals surface area contributed by atoms with Crippen molar-refractivity contribution in [2.75, 3.05) is 26.8 Å². The highest BCUT2D eigenvalue weighted by molar-refractivity contribution is 5.97. The van der Waals surface area contributed by atoms with Gasteiger partial charge in [-0.1, -0.05) is 12.1 Å². The molecule has 21 heavy (non-hydrogen) atoms. The Labute approximate surface area is 126 Å². The summed E-state index contributed by atoms with van der Waals surface area (Å²) >= 11 is 0. The number of hydrogen-bond donors (Lipinski definition) is 0. The Morgan fingerprint density at radius 2 is 1.95 bits per heavy atom. The van der Waals surface area contributed by atoms with Gasteiger partial charge in [-0.3, -0.25) is 4.79 Å². The summed E-state index contributed by atoms with van der Waals surface area (Å²) in [5.74, 6) is 0.717. The number of methoxy groups -OCH3 is 1. The van der Waals surface area contributed by atoms with Gasteiger partial charge in [0.25, 0.3) is 5.91 Å². The maximum Gasteiger partial charge on any atom is 0.257 e. The van der Waals surface area contributed by atoms with E-state index in [2.05, 4.69) is 0 Å². The molecule has 1 aromatic carbocycles. The third-order valence-electron chi connectivity index (χ3n) is 4.73. The highest BCUT2D eigenvalue weighted by atomic mass is 16.5. The first-order valence-corrected chi connectivity index (χ1v) is 7.80. The van der Waals surface area contributed by atoms with Gasteiger partial charge in [0.1, 0.15) is 5.75 Å². The summed E-state index contributed by atoms with van der Waals surface area (Å²) in [6.07, 6.45) is 5.47. The maximum absolute atomic E-state index is 12.7. The molecule has 0 saturated carbocycles. The zero-order chi connectivity index (χ0) is 14.7.